The standard InChI is InChI=1S/C14H12BrNO3/c1-9-7-11(3-5-13(9)15)19-12-4-6-14(16(17)18)10(2)8-12/h3-8H,1-2H3. The van der Waals surface area contributed by atoms with E-state index in [4.69, 9.17) is 4.74 Å². The van der Waals surface area contributed by atoms with E-state index >= 15 is 0 Å². The Morgan fingerprint density at radius 1 is 1.05 bits per heavy atom. The van der Waals surface area contributed by atoms with Gasteiger partial charge in [0.1, 0.15) is 11.5 Å². The van der Waals surface area contributed by atoms with Crippen molar-refractivity contribution < 1.29 is 9.66 Å². The van der Waals surface area contributed by atoms with E-state index in [1.807, 2.05) is 25.1 Å². The maximum absolute atomic E-state index is 10.7. The summed E-state index contributed by atoms with van der Waals surface area (Å²) in [5.41, 5.74) is 1.74. The van der Waals surface area contributed by atoms with Crippen molar-refractivity contribution in [3.8, 4) is 11.5 Å². The summed E-state index contributed by atoms with van der Waals surface area (Å²) in [5, 5.41) is 10.7. The molecule has 0 aliphatic rings. The molecule has 0 N–H and O–H groups in total. The Balaban J connectivity index is 2.26. The van der Waals surface area contributed by atoms with Gasteiger partial charge in [-0.1, -0.05) is 15.9 Å². The lowest BCUT2D eigenvalue weighted by atomic mass is 10.2. The van der Waals surface area contributed by atoms with Gasteiger partial charge in [0, 0.05) is 16.1 Å². The summed E-state index contributed by atoms with van der Waals surface area (Å²) in [7, 11) is 0. The van der Waals surface area contributed by atoms with E-state index < -0.39 is 4.92 Å². The van der Waals surface area contributed by atoms with E-state index in [1.165, 1.54) is 6.07 Å². The molecule has 0 fully saturated rings. The molecule has 2 aromatic carbocycles. The lowest BCUT2D eigenvalue weighted by Gasteiger charge is -2.08. The van der Waals surface area contributed by atoms with Gasteiger partial charge in [-0.05, 0) is 49.7 Å². The highest BCUT2D eigenvalue weighted by molar-refractivity contribution is 9.10. The van der Waals surface area contributed by atoms with Crippen LogP contribution in [-0.4, -0.2) is 4.92 Å². The van der Waals surface area contributed by atoms with Crippen LogP contribution in [0.2, 0.25) is 0 Å². The molecule has 0 saturated carbocycles. The molecule has 2 aromatic rings. The second kappa shape index (κ2) is 5.40. The van der Waals surface area contributed by atoms with E-state index in [0.717, 1.165) is 10.0 Å². The molecule has 0 aliphatic heterocycles. The summed E-state index contributed by atoms with van der Waals surface area (Å²) in [4.78, 5) is 10.3. The van der Waals surface area contributed by atoms with Crippen molar-refractivity contribution in [2.75, 3.05) is 0 Å². The Morgan fingerprint density at radius 2 is 1.63 bits per heavy atom. The monoisotopic (exact) mass is 321 g/mol. The molecule has 0 bridgehead atoms. The van der Waals surface area contributed by atoms with Crippen LogP contribution in [0.1, 0.15) is 11.1 Å². The van der Waals surface area contributed by atoms with Crippen LogP contribution in [0.4, 0.5) is 5.69 Å². The topological polar surface area (TPSA) is 52.4 Å². The van der Waals surface area contributed by atoms with E-state index in [2.05, 4.69) is 15.9 Å². The van der Waals surface area contributed by atoms with Crippen molar-refractivity contribution in [2.45, 2.75) is 13.8 Å². The number of rotatable bonds is 3. The summed E-state index contributed by atoms with van der Waals surface area (Å²) in [6, 6.07) is 10.4. The maximum atomic E-state index is 10.7. The highest BCUT2D eigenvalue weighted by atomic mass is 79.9. The fourth-order valence-electron chi connectivity index (χ4n) is 1.71. The Bertz CT molecular complexity index is 641. The fraction of sp³-hybridized carbons (Fsp3) is 0.143. The van der Waals surface area contributed by atoms with Gasteiger partial charge >= 0.3 is 0 Å². The lowest BCUT2D eigenvalue weighted by molar-refractivity contribution is -0.385. The van der Waals surface area contributed by atoms with Gasteiger partial charge in [-0.25, -0.2) is 0 Å². The minimum atomic E-state index is -0.400. The molecule has 0 spiro atoms. The first-order valence-electron chi connectivity index (χ1n) is 5.66. The molecule has 2 rings (SSSR count). The highest BCUT2D eigenvalue weighted by Crippen LogP contribution is 2.29. The molecule has 0 saturated heterocycles. The minimum absolute atomic E-state index is 0.0966. The number of aryl methyl sites for hydroxylation is 2. The van der Waals surface area contributed by atoms with Crippen LogP contribution >= 0.6 is 15.9 Å². The number of nitrogens with zero attached hydrogens (tertiary/aromatic N) is 1. The van der Waals surface area contributed by atoms with E-state index in [0.29, 0.717) is 17.1 Å². The van der Waals surface area contributed by atoms with Crippen molar-refractivity contribution in [1.29, 1.82) is 0 Å². The first-order valence-corrected chi connectivity index (χ1v) is 6.46. The number of nitro groups is 1. The third-order valence-electron chi connectivity index (χ3n) is 2.73. The van der Waals surface area contributed by atoms with Gasteiger partial charge in [-0.3, -0.25) is 10.1 Å². The summed E-state index contributed by atoms with van der Waals surface area (Å²) in [5.74, 6) is 1.29. The van der Waals surface area contributed by atoms with Crippen molar-refractivity contribution in [1.82, 2.24) is 0 Å². The second-order valence-electron chi connectivity index (χ2n) is 4.22. The molecule has 98 valence electrons. The molecule has 0 unspecified atom stereocenters. The smallest absolute Gasteiger partial charge is 0.272 e. The second-order valence-corrected chi connectivity index (χ2v) is 5.07. The molecule has 4 nitrogen and oxygen atoms in total. The number of nitro benzene ring substituents is 1. The Hall–Kier alpha value is -1.88. The van der Waals surface area contributed by atoms with E-state index in [1.54, 1.807) is 19.1 Å². The van der Waals surface area contributed by atoms with Crippen LogP contribution in [0.15, 0.2) is 40.9 Å². The Kier molecular flexibility index (Phi) is 3.85. The number of halogens is 1. The van der Waals surface area contributed by atoms with Crippen LogP contribution in [0, 0.1) is 24.0 Å². The van der Waals surface area contributed by atoms with Gasteiger partial charge in [0.2, 0.25) is 0 Å². The van der Waals surface area contributed by atoms with Gasteiger partial charge in [0.25, 0.3) is 5.69 Å². The zero-order valence-electron chi connectivity index (χ0n) is 10.5. The number of benzene rings is 2. The zero-order valence-corrected chi connectivity index (χ0v) is 12.1. The molecule has 0 radical (unpaired) electrons. The average molecular weight is 322 g/mol. The highest BCUT2D eigenvalue weighted by Gasteiger charge is 2.11. The molecular formula is C14H12BrNO3. The molecular weight excluding hydrogens is 310 g/mol. The SMILES string of the molecule is Cc1cc(Oc2ccc([N+](=O)[O-])c(C)c2)ccc1Br. The van der Waals surface area contributed by atoms with Crippen molar-refractivity contribution in [3.05, 3.63) is 62.1 Å². The summed E-state index contributed by atoms with van der Waals surface area (Å²) < 4.78 is 6.70. The molecule has 0 atom stereocenters. The largest absolute Gasteiger partial charge is 0.457 e. The van der Waals surface area contributed by atoms with Gasteiger partial charge in [-0.15, -0.1) is 0 Å². The zero-order chi connectivity index (χ0) is 14.0. The Morgan fingerprint density at radius 3 is 2.16 bits per heavy atom. The van der Waals surface area contributed by atoms with Crippen LogP contribution < -0.4 is 4.74 Å². The predicted molar refractivity (Wildman–Crippen MR) is 76.8 cm³/mol. The molecule has 19 heavy (non-hydrogen) atoms. The average Bonchev–Trinajstić information content (AvgIpc) is 2.33. The van der Waals surface area contributed by atoms with Crippen molar-refractivity contribution in [3.63, 3.8) is 0 Å². The van der Waals surface area contributed by atoms with Gasteiger partial charge in [0.05, 0.1) is 4.92 Å². The summed E-state index contributed by atoms with van der Waals surface area (Å²) in [6.45, 7) is 3.66. The van der Waals surface area contributed by atoms with Crippen molar-refractivity contribution in [2.24, 2.45) is 0 Å². The first-order chi connectivity index (χ1) is 8.97. The molecule has 0 aromatic heterocycles. The quantitative estimate of drug-likeness (QED) is 0.604. The van der Waals surface area contributed by atoms with Gasteiger partial charge in [0.15, 0.2) is 0 Å². The molecule has 0 amide bonds. The van der Waals surface area contributed by atoms with Gasteiger partial charge in [-0.2, -0.15) is 0 Å². The third-order valence-corrected chi connectivity index (χ3v) is 3.62. The molecule has 0 heterocycles. The molecule has 5 heteroatoms. The third kappa shape index (κ3) is 3.12. The molecule has 0 aliphatic carbocycles. The van der Waals surface area contributed by atoms with E-state index in [-0.39, 0.29) is 5.69 Å². The maximum Gasteiger partial charge on any atom is 0.272 e. The Labute approximate surface area is 119 Å². The fourth-order valence-corrected chi connectivity index (χ4v) is 1.96. The van der Waals surface area contributed by atoms with Crippen molar-refractivity contribution >= 4 is 21.6 Å². The van der Waals surface area contributed by atoms with Crippen LogP contribution in [-0.2, 0) is 0 Å². The number of hydrogen-bond acceptors (Lipinski definition) is 3. The van der Waals surface area contributed by atoms with Crippen LogP contribution in [0.5, 0.6) is 11.5 Å². The number of hydrogen-bond donors (Lipinski definition) is 0. The van der Waals surface area contributed by atoms with E-state index in [9.17, 15) is 10.1 Å². The summed E-state index contributed by atoms with van der Waals surface area (Å²) >= 11 is 3.42. The number of ether oxygens (including phenoxy) is 1. The normalized spacial score (nSPS) is 10.3. The minimum Gasteiger partial charge on any atom is -0.457 e. The first kappa shape index (κ1) is 13.5. The van der Waals surface area contributed by atoms with Crippen LogP contribution in [0.25, 0.3) is 0 Å². The lowest BCUT2D eigenvalue weighted by Crippen LogP contribution is -1.92. The predicted octanol–water partition coefficient (Wildman–Crippen LogP) is 4.77. The summed E-state index contributed by atoms with van der Waals surface area (Å²) in [6.07, 6.45) is 0. The van der Waals surface area contributed by atoms with Crippen LogP contribution in [0.3, 0.4) is 0 Å². The van der Waals surface area contributed by atoms with Gasteiger partial charge < -0.3 is 4.74 Å².